The molecule has 0 aliphatic heterocycles. The zero-order chi connectivity index (χ0) is 18.9. The van der Waals surface area contributed by atoms with Crippen LogP contribution in [0.25, 0.3) is 5.82 Å². The minimum absolute atomic E-state index is 0.551. The van der Waals surface area contributed by atoms with Crippen molar-refractivity contribution < 1.29 is 4.74 Å². The van der Waals surface area contributed by atoms with Gasteiger partial charge in [0.25, 0.3) is 0 Å². The van der Waals surface area contributed by atoms with Crippen LogP contribution >= 0.6 is 0 Å². The van der Waals surface area contributed by atoms with Crippen molar-refractivity contribution in [1.29, 1.82) is 0 Å². The van der Waals surface area contributed by atoms with Crippen molar-refractivity contribution in [2.75, 3.05) is 13.7 Å². The van der Waals surface area contributed by atoms with Gasteiger partial charge in [0.15, 0.2) is 5.96 Å². The van der Waals surface area contributed by atoms with E-state index < -0.39 is 0 Å². The second-order valence-electron chi connectivity index (χ2n) is 5.89. The van der Waals surface area contributed by atoms with Gasteiger partial charge in [-0.2, -0.15) is 0 Å². The Morgan fingerprint density at radius 3 is 2.56 bits per heavy atom. The van der Waals surface area contributed by atoms with E-state index in [0.29, 0.717) is 13.1 Å². The topological polar surface area (TPSA) is 76.4 Å². The van der Waals surface area contributed by atoms with E-state index in [9.17, 15) is 0 Å². The Bertz CT molecular complexity index is 841. The number of benzene rings is 1. The molecule has 7 heteroatoms. The lowest BCUT2D eigenvalue weighted by Gasteiger charge is -2.12. The van der Waals surface area contributed by atoms with Gasteiger partial charge in [0.05, 0.1) is 13.7 Å². The summed E-state index contributed by atoms with van der Waals surface area (Å²) in [6.07, 6.45) is 7.17. The van der Waals surface area contributed by atoms with Crippen molar-refractivity contribution >= 4 is 5.96 Å². The van der Waals surface area contributed by atoms with Crippen molar-refractivity contribution in [3.05, 3.63) is 72.4 Å². The highest BCUT2D eigenvalue weighted by Gasteiger charge is 2.01. The van der Waals surface area contributed by atoms with Gasteiger partial charge in [-0.25, -0.2) is 15.0 Å². The summed E-state index contributed by atoms with van der Waals surface area (Å²) in [5.41, 5.74) is 2.20. The van der Waals surface area contributed by atoms with Gasteiger partial charge < -0.3 is 15.4 Å². The van der Waals surface area contributed by atoms with Crippen molar-refractivity contribution in [2.24, 2.45) is 4.99 Å². The Morgan fingerprint density at radius 2 is 1.93 bits per heavy atom. The smallest absolute Gasteiger partial charge is 0.191 e. The van der Waals surface area contributed by atoms with Crippen molar-refractivity contribution in [3.8, 4) is 11.6 Å². The summed E-state index contributed by atoms with van der Waals surface area (Å²) in [4.78, 5) is 13.1. The van der Waals surface area contributed by atoms with Gasteiger partial charge in [-0.1, -0.05) is 18.2 Å². The number of hydrogen-bond donors (Lipinski definition) is 2. The van der Waals surface area contributed by atoms with E-state index in [1.54, 1.807) is 19.6 Å². The van der Waals surface area contributed by atoms with Crippen LogP contribution in [-0.4, -0.2) is 34.1 Å². The molecule has 0 aliphatic carbocycles. The zero-order valence-electron chi connectivity index (χ0n) is 15.6. The number of pyridine rings is 1. The first kappa shape index (κ1) is 18.4. The van der Waals surface area contributed by atoms with E-state index in [4.69, 9.17) is 4.74 Å². The van der Waals surface area contributed by atoms with Crippen LogP contribution in [0.2, 0.25) is 0 Å². The Labute approximate surface area is 159 Å². The Balaban J connectivity index is 1.59. The summed E-state index contributed by atoms with van der Waals surface area (Å²) in [5.74, 6) is 2.46. The van der Waals surface area contributed by atoms with E-state index >= 15 is 0 Å². The molecule has 2 aromatic heterocycles. The monoisotopic (exact) mass is 364 g/mol. The maximum Gasteiger partial charge on any atom is 0.191 e. The number of guanidine groups is 1. The van der Waals surface area contributed by atoms with Crippen LogP contribution in [0.4, 0.5) is 0 Å². The fraction of sp³-hybridized carbons (Fsp3) is 0.250. The van der Waals surface area contributed by atoms with Crippen LogP contribution in [0, 0.1) is 0 Å². The summed E-state index contributed by atoms with van der Waals surface area (Å²) >= 11 is 0. The Hall–Kier alpha value is -3.35. The summed E-state index contributed by atoms with van der Waals surface area (Å²) in [6, 6.07) is 12.0. The molecule has 0 aliphatic rings. The summed E-state index contributed by atoms with van der Waals surface area (Å²) < 4.78 is 7.05. The second kappa shape index (κ2) is 9.38. The molecule has 0 saturated carbocycles. The number of aliphatic imine (C=N–C) groups is 1. The second-order valence-corrected chi connectivity index (χ2v) is 5.89. The fourth-order valence-corrected chi connectivity index (χ4v) is 2.50. The molecule has 1 aromatic carbocycles. The highest BCUT2D eigenvalue weighted by molar-refractivity contribution is 5.79. The minimum Gasteiger partial charge on any atom is -0.497 e. The lowest BCUT2D eigenvalue weighted by atomic mass is 10.2. The molecular weight excluding hydrogens is 340 g/mol. The predicted molar refractivity (Wildman–Crippen MR) is 106 cm³/mol. The molecule has 0 spiro atoms. The molecule has 140 valence electrons. The van der Waals surface area contributed by atoms with Gasteiger partial charge in [-0.05, 0) is 36.2 Å². The van der Waals surface area contributed by atoms with E-state index in [0.717, 1.165) is 35.2 Å². The lowest BCUT2D eigenvalue weighted by molar-refractivity contribution is 0.414. The summed E-state index contributed by atoms with van der Waals surface area (Å²) in [5, 5.41) is 6.60. The molecular formula is C20H24N6O. The molecule has 0 unspecified atom stereocenters. The number of rotatable bonds is 7. The first-order valence-electron chi connectivity index (χ1n) is 8.87. The largest absolute Gasteiger partial charge is 0.497 e. The van der Waals surface area contributed by atoms with Gasteiger partial charge in [-0.15, -0.1) is 0 Å². The van der Waals surface area contributed by atoms with Crippen LogP contribution in [0.3, 0.4) is 0 Å². The molecule has 2 heterocycles. The van der Waals surface area contributed by atoms with Gasteiger partial charge in [0.1, 0.15) is 17.9 Å². The number of hydrogen-bond acceptors (Lipinski definition) is 4. The number of aromatic nitrogens is 3. The van der Waals surface area contributed by atoms with Gasteiger partial charge >= 0.3 is 0 Å². The molecule has 7 nitrogen and oxygen atoms in total. The van der Waals surface area contributed by atoms with Gasteiger partial charge in [-0.3, -0.25) is 4.57 Å². The maximum atomic E-state index is 5.19. The van der Waals surface area contributed by atoms with Crippen LogP contribution in [0.1, 0.15) is 18.1 Å². The zero-order valence-corrected chi connectivity index (χ0v) is 15.6. The van der Waals surface area contributed by atoms with Crippen molar-refractivity contribution in [3.63, 3.8) is 0 Å². The maximum absolute atomic E-state index is 5.19. The average molecular weight is 364 g/mol. The van der Waals surface area contributed by atoms with Crippen LogP contribution in [0.15, 0.2) is 66.3 Å². The molecule has 0 atom stereocenters. The van der Waals surface area contributed by atoms with Crippen LogP contribution in [-0.2, 0) is 13.1 Å². The predicted octanol–water partition coefficient (Wildman–Crippen LogP) is 2.53. The van der Waals surface area contributed by atoms with Gasteiger partial charge in [0, 0.05) is 31.7 Å². The third kappa shape index (κ3) is 5.31. The fourth-order valence-electron chi connectivity index (χ4n) is 2.50. The molecule has 27 heavy (non-hydrogen) atoms. The lowest BCUT2D eigenvalue weighted by Crippen LogP contribution is -2.36. The van der Waals surface area contributed by atoms with Crippen LogP contribution < -0.4 is 15.4 Å². The summed E-state index contributed by atoms with van der Waals surface area (Å²) in [7, 11) is 1.67. The Morgan fingerprint density at radius 1 is 1.11 bits per heavy atom. The van der Waals surface area contributed by atoms with E-state index in [1.807, 2.05) is 60.3 Å². The highest BCUT2D eigenvalue weighted by atomic mass is 16.5. The van der Waals surface area contributed by atoms with Crippen molar-refractivity contribution in [2.45, 2.75) is 20.0 Å². The first-order valence-corrected chi connectivity index (χ1v) is 8.87. The molecule has 0 fully saturated rings. The third-order valence-corrected chi connectivity index (χ3v) is 3.96. The molecule has 0 bridgehead atoms. The van der Waals surface area contributed by atoms with Crippen molar-refractivity contribution in [1.82, 2.24) is 25.2 Å². The molecule has 0 radical (unpaired) electrons. The Kier molecular flexibility index (Phi) is 6.40. The van der Waals surface area contributed by atoms with E-state index in [1.165, 1.54) is 0 Å². The minimum atomic E-state index is 0.551. The third-order valence-electron chi connectivity index (χ3n) is 3.96. The first-order chi connectivity index (χ1) is 13.3. The van der Waals surface area contributed by atoms with Gasteiger partial charge in [0.2, 0.25) is 0 Å². The number of nitrogens with zero attached hydrogens (tertiary/aromatic N) is 4. The molecule has 0 amide bonds. The molecule has 0 saturated heterocycles. The highest BCUT2D eigenvalue weighted by Crippen LogP contribution is 2.11. The van der Waals surface area contributed by atoms with Crippen LogP contribution in [0.5, 0.6) is 5.75 Å². The number of ether oxygens (including phenoxy) is 1. The molecule has 2 N–H and O–H groups in total. The number of nitrogens with one attached hydrogen (secondary N) is 2. The summed E-state index contributed by atoms with van der Waals surface area (Å²) in [6.45, 7) is 4.08. The average Bonchev–Trinajstić information content (AvgIpc) is 3.26. The normalized spacial score (nSPS) is 11.3. The quantitative estimate of drug-likeness (QED) is 0.498. The molecule has 3 aromatic rings. The number of methoxy groups -OCH3 is 1. The molecule has 3 rings (SSSR count). The van der Waals surface area contributed by atoms with E-state index in [-0.39, 0.29) is 0 Å². The number of imidazole rings is 1. The van der Waals surface area contributed by atoms with E-state index in [2.05, 4.69) is 25.6 Å². The standard InChI is InChI=1S/C20H24N6O/c1-3-22-20(24-12-16-4-7-18(27-2)8-5-16)25-14-17-6-9-19(23-13-17)26-11-10-21-15-26/h4-11,13,15H,3,12,14H2,1-2H3,(H2,22,24,25). The SMILES string of the molecule is CCNC(=NCc1ccc(-n2ccnc2)nc1)NCc1ccc(OC)cc1.